The van der Waals surface area contributed by atoms with Crippen molar-refractivity contribution in [2.75, 3.05) is 13.1 Å². The molecule has 0 unspecified atom stereocenters. The summed E-state index contributed by atoms with van der Waals surface area (Å²) < 4.78 is 0. The lowest BCUT2D eigenvalue weighted by Gasteiger charge is -2.31. The molecule has 0 aliphatic carbocycles. The first-order valence-corrected chi connectivity index (χ1v) is 13.9. The Morgan fingerprint density at radius 3 is 2.21 bits per heavy atom. The molecule has 1 N–H and O–H groups in total. The van der Waals surface area contributed by atoms with Crippen LogP contribution in [0.4, 0.5) is 0 Å². The van der Waals surface area contributed by atoms with Gasteiger partial charge in [0.05, 0.1) is 17.1 Å². The fourth-order valence-corrected chi connectivity index (χ4v) is 6.26. The van der Waals surface area contributed by atoms with Crippen molar-refractivity contribution < 1.29 is 9.90 Å². The van der Waals surface area contributed by atoms with E-state index in [-0.39, 0.29) is 16.7 Å². The third-order valence-corrected chi connectivity index (χ3v) is 8.42. The molecule has 1 amide bonds. The predicted molar refractivity (Wildman–Crippen MR) is 143 cm³/mol. The molecule has 0 saturated carbocycles. The molecule has 4 nitrogen and oxygen atoms in total. The number of thiazole rings is 1. The Hall–Kier alpha value is -2.18. The van der Waals surface area contributed by atoms with Crippen LogP contribution in [0.3, 0.4) is 0 Å². The summed E-state index contributed by atoms with van der Waals surface area (Å²) in [5.41, 5.74) is 4.75. The number of carbonyl (C=O) groups excluding carboxylic acids is 1. The topological polar surface area (TPSA) is 53.4 Å². The van der Waals surface area contributed by atoms with Gasteiger partial charge in [0.15, 0.2) is 0 Å². The number of aromatic hydroxyl groups is 1. The number of nitrogens with zero attached hydrogens (tertiary/aromatic N) is 2. The van der Waals surface area contributed by atoms with Crippen LogP contribution in [0.5, 0.6) is 5.75 Å². The van der Waals surface area contributed by atoms with Crippen molar-refractivity contribution >= 4 is 28.6 Å². The number of carbonyl (C=O) groups is 1. The van der Waals surface area contributed by atoms with Gasteiger partial charge >= 0.3 is 0 Å². The zero-order valence-corrected chi connectivity index (χ0v) is 22.8. The third-order valence-electron chi connectivity index (χ3n) is 6.68. The fraction of sp³-hybridized carbons (Fsp3) is 0.500. The average Bonchev–Trinajstić information content (AvgIpc) is 3.44. The molecule has 1 saturated heterocycles. The second-order valence-electron chi connectivity index (χ2n) is 11.5. The molecule has 3 heterocycles. The molecule has 3 aromatic rings. The van der Waals surface area contributed by atoms with Crippen LogP contribution in [0, 0.1) is 0 Å². The number of likely N-dealkylation sites (tertiary alicyclic amines) is 1. The van der Waals surface area contributed by atoms with Gasteiger partial charge in [-0.1, -0.05) is 41.5 Å². The van der Waals surface area contributed by atoms with E-state index in [2.05, 4.69) is 64.4 Å². The van der Waals surface area contributed by atoms with Crippen LogP contribution in [0.1, 0.15) is 82.0 Å². The van der Waals surface area contributed by atoms with Crippen molar-refractivity contribution in [2.45, 2.75) is 77.6 Å². The lowest BCUT2D eigenvalue weighted by molar-refractivity contribution is -0.131. The SMILES string of the molecule is CC(C)(C)c1cc(-c2csc(C3CCN(C(=O)Cc4ccsc4)CC3)n2)cc(C(C)(C)C)c1O. The van der Waals surface area contributed by atoms with E-state index in [1.165, 1.54) is 0 Å². The summed E-state index contributed by atoms with van der Waals surface area (Å²) in [4.78, 5) is 19.7. The van der Waals surface area contributed by atoms with E-state index < -0.39 is 0 Å². The van der Waals surface area contributed by atoms with Crippen molar-refractivity contribution in [1.82, 2.24) is 9.88 Å². The Kier molecular flexibility index (Phi) is 6.94. The summed E-state index contributed by atoms with van der Waals surface area (Å²) in [5, 5.41) is 18.4. The third kappa shape index (κ3) is 5.38. The molecule has 34 heavy (non-hydrogen) atoms. The maximum absolute atomic E-state index is 12.6. The molecular weight excluding hydrogens is 460 g/mol. The number of hydrogen-bond donors (Lipinski definition) is 1. The number of phenols is 1. The van der Waals surface area contributed by atoms with E-state index in [4.69, 9.17) is 4.98 Å². The lowest BCUT2D eigenvalue weighted by atomic mass is 9.78. The zero-order chi connectivity index (χ0) is 24.7. The van der Waals surface area contributed by atoms with Crippen LogP contribution in [-0.4, -0.2) is 34.0 Å². The van der Waals surface area contributed by atoms with E-state index in [9.17, 15) is 9.90 Å². The van der Waals surface area contributed by atoms with E-state index in [1.807, 2.05) is 16.3 Å². The molecule has 0 bridgehead atoms. The van der Waals surface area contributed by atoms with Gasteiger partial charge in [0.25, 0.3) is 0 Å². The van der Waals surface area contributed by atoms with Crippen molar-refractivity contribution in [1.29, 1.82) is 0 Å². The maximum atomic E-state index is 12.6. The minimum Gasteiger partial charge on any atom is -0.507 e. The van der Waals surface area contributed by atoms with Crippen LogP contribution in [0.25, 0.3) is 11.3 Å². The Labute approximate surface area is 211 Å². The zero-order valence-electron chi connectivity index (χ0n) is 21.1. The Balaban J connectivity index is 1.51. The number of benzene rings is 1. The summed E-state index contributed by atoms with van der Waals surface area (Å²) in [5.74, 6) is 1.02. The number of rotatable bonds is 4. The van der Waals surface area contributed by atoms with Crippen molar-refractivity contribution in [3.8, 4) is 17.0 Å². The van der Waals surface area contributed by atoms with Crippen molar-refractivity contribution in [2.24, 2.45) is 0 Å². The van der Waals surface area contributed by atoms with Gasteiger partial charge in [-0.2, -0.15) is 11.3 Å². The molecule has 1 fully saturated rings. The first-order valence-electron chi connectivity index (χ1n) is 12.1. The van der Waals surface area contributed by atoms with Gasteiger partial charge in [0.1, 0.15) is 5.75 Å². The van der Waals surface area contributed by atoms with E-state index in [1.54, 1.807) is 22.7 Å². The number of phenolic OH excluding ortho intramolecular Hbond substituents is 1. The minimum absolute atomic E-state index is 0.165. The first-order chi connectivity index (χ1) is 15.9. The fourth-order valence-electron chi connectivity index (χ4n) is 4.59. The van der Waals surface area contributed by atoms with Gasteiger partial charge in [0.2, 0.25) is 5.91 Å². The molecule has 182 valence electrons. The summed E-state index contributed by atoms with van der Waals surface area (Å²) in [6, 6.07) is 6.25. The van der Waals surface area contributed by atoms with E-state index >= 15 is 0 Å². The number of piperidine rings is 1. The minimum atomic E-state index is -0.165. The highest BCUT2D eigenvalue weighted by molar-refractivity contribution is 7.10. The van der Waals surface area contributed by atoms with Crippen LogP contribution >= 0.6 is 22.7 Å². The van der Waals surface area contributed by atoms with Crippen LogP contribution in [-0.2, 0) is 22.0 Å². The maximum Gasteiger partial charge on any atom is 0.227 e. The quantitative estimate of drug-likeness (QED) is 0.418. The second-order valence-corrected chi connectivity index (χ2v) is 13.1. The highest BCUT2D eigenvalue weighted by atomic mass is 32.1. The van der Waals surface area contributed by atoms with Gasteiger partial charge in [-0.25, -0.2) is 4.98 Å². The first kappa shape index (κ1) is 24.9. The highest BCUT2D eigenvalue weighted by Crippen LogP contribution is 2.42. The molecule has 1 aliphatic heterocycles. The van der Waals surface area contributed by atoms with Crippen LogP contribution < -0.4 is 0 Å². The largest absolute Gasteiger partial charge is 0.507 e. The monoisotopic (exact) mass is 496 g/mol. The lowest BCUT2D eigenvalue weighted by Crippen LogP contribution is -2.38. The molecule has 2 aromatic heterocycles. The Morgan fingerprint density at radius 1 is 1.06 bits per heavy atom. The second kappa shape index (κ2) is 9.46. The van der Waals surface area contributed by atoms with E-state index in [0.717, 1.165) is 58.9 Å². The molecule has 6 heteroatoms. The summed E-state index contributed by atoms with van der Waals surface area (Å²) >= 11 is 3.36. The number of thiophene rings is 1. The summed E-state index contributed by atoms with van der Waals surface area (Å²) in [7, 11) is 0. The van der Waals surface area contributed by atoms with Gasteiger partial charge in [-0.05, 0) is 58.2 Å². The molecule has 1 aliphatic rings. The Morgan fingerprint density at radius 2 is 1.68 bits per heavy atom. The van der Waals surface area contributed by atoms with Gasteiger partial charge < -0.3 is 10.0 Å². The molecule has 0 radical (unpaired) electrons. The van der Waals surface area contributed by atoms with Crippen molar-refractivity contribution in [3.63, 3.8) is 0 Å². The van der Waals surface area contributed by atoms with Crippen LogP contribution in [0.2, 0.25) is 0 Å². The molecule has 4 rings (SSSR count). The van der Waals surface area contributed by atoms with Gasteiger partial charge in [0, 0.05) is 41.1 Å². The number of aromatic nitrogens is 1. The predicted octanol–water partition coefficient (Wildman–Crippen LogP) is 7.12. The van der Waals surface area contributed by atoms with E-state index in [0.29, 0.717) is 18.1 Å². The van der Waals surface area contributed by atoms with Crippen molar-refractivity contribution in [3.05, 3.63) is 56.0 Å². The normalized spacial score (nSPS) is 15.6. The standard InChI is InChI=1S/C28H36N2O2S2/c1-27(2,3)21-14-20(15-22(25(21)32)28(4,5)6)23-17-34-26(29-23)19-7-10-30(11-8-19)24(31)13-18-9-12-33-16-18/h9,12,14-17,19,32H,7-8,10-11,13H2,1-6H3. The number of hydrogen-bond acceptors (Lipinski definition) is 5. The highest BCUT2D eigenvalue weighted by Gasteiger charge is 2.29. The smallest absolute Gasteiger partial charge is 0.227 e. The molecule has 1 aromatic carbocycles. The van der Waals surface area contributed by atoms with Crippen LogP contribution in [0.15, 0.2) is 34.3 Å². The van der Waals surface area contributed by atoms with Gasteiger partial charge in [-0.15, -0.1) is 11.3 Å². The summed E-state index contributed by atoms with van der Waals surface area (Å²) in [6.07, 6.45) is 2.42. The van der Waals surface area contributed by atoms with Gasteiger partial charge in [-0.3, -0.25) is 4.79 Å². The Bertz CT molecular complexity index is 1110. The molecular formula is C28H36N2O2S2. The molecule has 0 spiro atoms. The molecule has 0 atom stereocenters. The average molecular weight is 497 g/mol. The number of amides is 1. The summed E-state index contributed by atoms with van der Waals surface area (Å²) in [6.45, 7) is 14.4.